The summed E-state index contributed by atoms with van der Waals surface area (Å²) in [6.07, 6.45) is 1.85. The van der Waals surface area contributed by atoms with Crippen LogP contribution in [-0.4, -0.2) is 15.3 Å². The number of carbonyl (C=O) groups excluding carboxylic acids is 1. The first kappa shape index (κ1) is 13.6. The predicted molar refractivity (Wildman–Crippen MR) is 84.1 cm³/mol. The molecule has 0 saturated carbocycles. The molecule has 3 rings (SSSR count). The lowest BCUT2D eigenvalue weighted by atomic mass is 10.2. The number of nitrogens with zero attached hydrogens (tertiary/aromatic N) is 2. The fourth-order valence-corrected chi connectivity index (χ4v) is 2.46. The van der Waals surface area contributed by atoms with Crippen molar-refractivity contribution in [2.45, 2.75) is 13.8 Å². The van der Waals surface area contributed by atoms with Gasteiger partial charge in [-0.2, -0.15) is 0 Å². The molecule has 0 aliphatic carbocycles. The molecule has 4 nitrogen and oxygen atoms in total. The van der Waals surface area contributed by atoms with Gasteiger partial charge in [-0.15, -0.1) is 0 Å². The second kappa shape index (κ2) is 5.22. The number of hydrogen-bond donors (Lipinski definition) is 1. The van der Waals surface area contributed by atoms with E-state index in [-0.39, 0.29) is 5.91 Å². The fraction of sp³-hybridized carbons (Fsp3) is 0.125. The molecule has 0 aliphatic heterocycles. The maximum Gasteiger partial charge on any atom is 0.274 e. The van der Waals surface area contributed by atoms with Crippen LogP contribution in [0.1, 0.15) is 21.7 Å². The number of aromatic nitrogens is 2. The van der Waals surface area contributed by atoms with Crippen LogP contribution in [0.2, 0.25) is 5.02 Å². The molecule has 0 saturated heterocycles. The van der Waals surface area contributed by atoms with Gasteiger partial charge in [-0.25, -0.2) is 4.98 Å². The molecule has 106 valence electrons. The molecule has 0 atom stereocenters. The van der Waals surface area contributed by atoms with Crippen molar-refractivity contribution in [1.82, 2.24) is 9.38 Å². The second-order valence-corrected chi connectivity index (χ2v) is 5.32. The number of rotatable bonds is 2. The summed E-state index contributed by atoms with van der Waals surface area (Å²) in [5.41, 5.74) is 3.66. The zero-order valence-electron chi connectivity index (χ0n) is 11.7. The lowest BCUT2D eigenvalue weighted by molar-refractivity contribution is 0.102. The third kappa shape index (κ3) is 2.50. The lowest BCUT2D eigenvalue weighted by Crippen LogP contribution is -2.15. The van der Waals surface area contributed by atoms with E-state index in [1.54, 1.807) is 16.5 Å². The highest BCUT2D eigenvalue weighted by Crippen LogP contribution is 2.22. The van der Waals surface area contributed by atoms with Crippen LogP contribution >= 0.6 is 11.6 Å². The van der Waals surface area contributed by atoms with Crippen LogP contribution in [0.5, 0.6) is 0 Å². The standard InChI is InChI=1S/C16H14ClN3O/c1-10-7-8-20-14(9-10)18-11(2)15(20)16(21)19-13-6-4-3-5-12(13)17/h3-9H,1-2H3,(H,19,21). The Morgan fingerprint density at radius 1 is 1.24 bits per heavy atom. The molecule has 0 aliphatic rings. The zero-order chi connectivity index (χ0) is 15.0. The highest BCUT2D eigenvalue weighted by atomic mass is 35.5. The summed E-state index contributed by atoms with van der Waals surface area (Å²) < 4.78 is 1.79. The summed E-state index contributed by atoms with van der Waals surface area (Å²) in [5, 5.41) is 3.34. The molecule has 1 amide bonds. The molecule has 0 bridgehead atoms. The number of fused-ring (bicyclic) bond motifs is 1. The third-order valence-corrected chi connectivity index (χ3v) is 3.62. The van der Waals surface area contributed by atoms with Gasteiger partial charge in [0.1, 0.15) is 11.3 Å². The number of aryl methyl sites for hydroxylation is 2. The molecule has 0 spiro atoms. The molecule has 21 heavy (non-hydrogen) atoms. The molecule has 5 heteroatoms. The molecule has 0 fully saturated rings. The fourth-order valence-electron chi connectivity index (χ4n) is 2.28. The van der Waals surface area contributed by atoms with Gasteiger partial charge in [0.2, 0.25) is 0 Å². The number of para-hydroxylation sites is 1. The van der Waals surface area contributed by atoms with Crippen LogP contribution in [0, 0.1) is 13.8 Å². The summed E-state index contributed by atoms with van der Waals surface area (Å²) in [7, 11) is 0. The second-order valence-electron chi connectivity index (χ2n) is 4.91. The Morgan fingerprint density at radius 2 is 2.00 bits per heavy atom. The molecule has 1 aromatic carbocycles. The third-order valence-electron chi connectivity index (χ3n) is 3.29. The van der Waals surface area contributed by atoms with Gasteiger partial charge < -0.3 is 5.32 Å². The van der Waals surface area contributed by atoms with Gasteiger partial charge in [-0.3, -0.25) is 9.20 Å². The first-order valence-electron chi connectivity index (χ1n) is 6.57. The number of nitrogens with one attached hydrogen (secondary N) is 1. The van der Waals surface area contributed by atoms with Crippen LogP contribution in [0.3, 0.4) is 0 Å². The minimum Gasteiger partial charge on any atom is -0.319 e. The Kier molecular flexibility index (Phi) is 3.39. The first-order chi connectivity index (χ1) is 10.1. The van der Waals surface area contributed by atoms with Crippen molar-refractivity contribution in [1.29, 1.82) is 0 Å². The Labute approximate surface area is 127 Å². The van der Waals surface area contributed by atoms with Crippen molar-refractivity contribution in [2.24, 2.45) is 0 Å². The highest BCUT2D eigenvalue weighted by Gasteiger charge is 2.17. The van der Waals surface area contributed by atoms with Crippen LogP contribution in [0.25, 0.3) is 5.65 Å². The minimum atomic E-state index is -0.225. The van der Waals surface area contributed by atoms with E-state index in [1.807, 2.05) is 44.3 Å². The first-order valence-corrected chi connectivity index (χ1v) is 6.95. The number of pyridine rings is 1. The van der Waals surface area contributed by atoms with E-state index in [0.29, 0.717) is 22.1 Å². The van der Waals surface area contributed by atoms with Crippen molar-refractivity contribution in [3.63, 3.8) is 0 Å². The number of carbonyl (C=O) groups is 1. The molecular weight excluding hydrogens is 286 g/mol. The molecule has 3 aromatic rings. The van der Waals surface area contributed by atoms with Gasteiger partial charge >= 0.3 is 0 Å². The van der Waals surface area contributed by atoms with E-state index in [0.717, 1.165) is 11.2 Å². The van der Waals surface area contributed by atoms with Gasteiger partial charge in [-0.1, -0.05) is 23.7 Å². The summed E-state index contributed by atoms with van der Waals surface area (Å²) in [5.74, 6) is -0.225. The van der Waals surface area contributed by atoms with Crippen molar-refractivity contribution >= 4 is 28.8 Å². The molecule has 0 radical (unpaired) electrons. The van der Waals surface area contributed by atoms with Crippen LogP contribution in [0.4, 0.5) is 5.69 Å². The topological polar surface area (TPSA) is 46.4 Å². The normalized spacial score (nSPS) is 10.8. The predicted octanol–water partition coefficient (Wildman–Crippen LogP) is 3.86. The highest BCUT2D eigenvalue weighted by molar-refractivity contribution is 6.33. The van der Waals surface area contributed by atoms with E-state index < -0.39 is 0 Å². The maximum atomic E-state index is 12.5. The van der Waals surface area contributed by atoms with Gasteiger partial charge in [0.05, 0.1) is 16.4 Å². The van der Waals surface area contributed by atoms with Crippen LogP contribution in [0.15, 0.2) is 42.6 Å². The summed E-state index contributed by atoms with van der Waals surface area (Å²) in [4.78, 5) is 16.9. The van der Waals surface area contributed by atoms with Gasteiger partial charge in [0, 0.05) is 6.20 Å². The average molecular weight is 300 g/mol. The van der Waals surface area contributed by atoms with E-state index in [2.05, 4.69) is 10.3 Å². The summed E-state index contributed by atoms with van der Waals surface area (Å²) in [6, 6.07) is 11.0. The van der Waals surface area contributed by atoms with Gasteiger partial charge in [0.15, 0.2) is 0 Å². The van der Waals surface area contributed by atoms with E-state index in [1.165, 1.54) is 0 Å². The van der Waals surface area contributed by atoms with Crippen molar-refractivity contribution < 1.29 is 4.79 Å². The smallest absolute Gasteiger partial charge is 0.274 e. The molecular formula is C16H14ClN3O. The Morgan fingerprint density at radius 3 is 2.76 bits per heavy atom. The molecule has 2 aromatic heterocycles. The Balaban J connectivity index is 2.02. The van der Waals surface area contributed by atoms with Crippen LogP contribution in [-0.2, 0) is 0 Å². The molecule has 0 unspecified atom stereocenters. The van der Waals surface area contributed by atoms with Crippen molar-refractivity contribution in [2.75, 3.05) is 5.32 Å². The molecule has 1 N–H and O–H groups in total. The Bertz CT molecular complexity index is 839. The lowest BCUT2D eigenvalue weighted by Gasteiger charge is -2.07. The molecule has 2 heterocycles. The maximum absolute atomic E-state index is 12.5. The van der Waals surface area contributed by atoms with E-state index in [4.69, 9.17) is 11.6 Å². The number of amides is 1. The van der Waals surface area contributed by atoms with Crippen LogP contribution < -0.4 is 5.32 Å². The minimum absolute atomic E-state index is 0.225. The summed E-state index contributed by atoms with van der Waals surface area (Å²) in [6.45, 7) is 3.82. The summed E-state index contributed by atoms with van der Waals surface area (Å²) >= 11 is 6.07. The monoisotopic (exact) mass is 299 g/mol. The van der Waals surface area contributed by atoms with Crippen molar-refractivity contribution in [3.05, 3.63) is 64.6 Å². The average Bonchev–Trinajstić information content (AvgIpc) is 2.76. The largest absolute Gasteiger partial charge is 0.319 e. The number of imidazole rings is 1. The quantitative estimate of drug-likeness (QED) is 0.781. The van der Waals surface area contributed by atoms with Gasteiger partial charge in [-0.05, 0) is 43.7 Å². The number of halogens is 1. The van der Waals surface area contributed by atoms with E-state index in [9.17, 15) is 4.79 Å². The SMILES string of the molecule is Cc1ccn2c(C(=O)Nc3ccccc3Cl)c(C)nc2c1. The van der Waals surface area contributed by atoms with Crippen molar-refractivity contribution in [3.8, 4) is 0 Å². The Hall–Kier alpha value is -2.33. The zero-order valence-corrected chi connectivity index (χ0v) is 12.5. The van der Waals surface area contributed by atoms with Gasteiger partial charge in [0.25, 0.3) is 5.91 Å². The number of hydrogen-bond acceptors (Lipinski definition) is 2. The number of anilines is 1. The van der Waals surface area contributed by atoms with E-state index >= 15 is 0 Å². The number of benzene rings is 1.